The minimum Gasteiger partial charge on any atom is -0.341 e. The van der Waals surface area contributed by atoms with Gasteiger partial charge in [0, 0.05) is 12.7 Å². The second-order valence-electron chi connectivity index (χ2n) is 9.90. The number of anilines is 1. The van der Waals surface area contributed by atoms with Crippen LogP contribution in [0.1, 0.15) is 51.0 Å². The van der Waals surface area contributed by atoms with E-state index in [1.165, 1.54) is 18.3 Å². The van der Waals surface area contributed by atoms with Gasteiger partial charge in [-0.15, -0.1) is 0 Å². The fourth-order valence-electron chi connectivity index (χ4n) is 4.60. The number of carbonyl (C=O) groups excluding carboxylic acids is 3. The van der Waals surface area contributed by atoms with E-state index in [4.69, 9.17) is 0 Å². The third kappa shape index (κ3) is 6.02. The van der Waals surface area contributed by atoms with Crippen LogP contribution >= 0.6 is 0 Å². The number of nitrogens with zero attached hydrogens (tertiary/aromatic N) is 2. The Morgan fingerprint density at radius 3 is 2.54 bits per heavy atom. The van der Waals surface area contributed by atoms with Gasteiger partial charge in [-0.1, -0.05) is 19.8 Å². The number of carbonyl (C=O) groups is 3. The lowest BCUT2D eigenvalue weighted by molar-refractivity contribution is -0.149. The maximum Gasteiger partial charge on any atom is 0.410 e. The van der Waals surface area contributed by atoms with Crippen molar-refractivity contribution >= 4 is 23.7 Å². The van der Waals surface area contributed by atoms with E-state index in [0.29, 0.717) is 11.5 Å². The molecule has 35 heavy (non-hydrogen) atoms. The van der Waals surface area contributed by atoms with Crippen LogP contribution in [0, 0.1) is 11.8 Å². The molecule has 3 fully saturated rings. The van der Waals surface area contributed by atoms with Gasteiger partial charge in [0.15, 0.2) is 5.67 Å². The Morgan fingerprint density at radius 1 is 1.26 bits per heavy atom. The zero-order valence-corrected chi connectivity index (χ0v) is 19.3. The highest BCUT2D eigenvalue weighted by Gasteiger charge is 2.52. The normalized spacial score (nSPS) is 26.6. The third-order valence-corrected chi connectivity index (χ3v) is 7.03. The van der Waals surface area contributed by atoms with Crippen molar-refractivity contribution in [2.24, 2.45) is 11.8 Å². The Bertz CT molecular complexity index is 976. The Labute approximate surface area is 200 Å². The van der Waals surface area contributed by atoms with Crippen LogP contribution in [0.3, 0.4) is 0 Å². The Kier molecular flexibility index (Phi) is 6.92. The summed E-state index contributed by atoms with van der Waals surface area (Å²) in [5, 5.41) is 7.16. The van der Waals surface area contributed by atoms with Gasteiger partial charge in [-0.3, -0.25) is 9.59 Å². The number of urea groups is 1. The highest BCUT2D eigenvalue weighted by atomic mass is 19.4. The first-order chi connectivity index (χ1) is 16.4. The van der Waals surface area contributed by atoms with Gasteiger partial charge in [0.25, 0.3) is 5.91 Å². The maximum atomic E-state index is 14.3. The highest BCUT2D eigenvalue weighted by Crippen LogP contribution is 2.40. The first kappa shape index (κ1) is 25.2. The molecule has 2 saturated carbocycles. The molecule has 4 amide bonds. The molecule has 3 aliphatic rings. The topological polar surface area (TPSA) is 103 Å². The zero-order valence-electron chi connectivity index (χ0n) is 19.3. The van der Waals surface area contributed by atoms with E-state index in [-0.39, 0.29) is 31.1 Å². The summed E-state index contributed by atoms with van der Waals surface area (Å²) in [7, 11) is 0. The summed E-state index contributed by atoms with van der Waals surface area (Å²) in [6.07, 6.45) is 0.335. The maximum absolute atomic E-state index is 14.3. The van der Waals surface area contributed by atoms with E-state index >= 15 is 0 Å². The summed E-state index contributed by atoms with van der Waals surface area (Å²) in [6, 6.07) is -0.699. The van der Waals surface area contributed by atoms with Gasteiger partial charge >= 0.3 is 12.2 Å². The van der Waals surface area contributed by atoms with Crippen LogP contribution in [0.25, 0.3) is 0 Å². The molecule has 8 nitrogen and oxygen atoms in total. The molecule has 1 aromatic heterocycles. The summed E-state index contributed by atoms with van der Waals surface area (Å²) in [6.45, 7) is 1.50. The van der Waals surface area contributed by atoms with Crippen molar-refractivity contribution in [2.45, 2.75) is 75.9 Å². The quantitative estimate of drug-likeness (QED) is 0.501. The van der Waals surface area contributed by atoms with Crippen LogP contribution in [0.15, 0.2) is 18.3 Å². The van der Waals surface area contributed by atoms with Gasteiger partial charge in [0.2, 0.25) is 5.91 Å². The fourth-order valence-corrected chi connectivity index (χ4v) is 4.60. The molecule has 1 aromatic rings. The van der Waals surface area contributed by atoms with Gasteiger partial charge in [-0.25, -0.2) is 14.2 Å². The van der Waals surface area contributed by atoms with Crippen molar-refractivity contribution in [3.63, 3.8) is 0 Å². The summed E-state index contributed by atoms with van der Waals surface area (Å²) in [5.74, 6) is -0.808. The minimum absolute atomic E-state index is 0.102. The van der Waals surface area contributed by atoms with Gasteiger partial charge in [-0.2, -0.15) is 13.2 Å². The largest absolute Gasteiger partial charge is 0.410 e. The van der Waals surface area contributed by atoms with Crippen molar-refractivity contribution in [3.8, 4) is 0 Å². The van der Waals surface area contributed by atoms with Gasteiger partial charge in [0.05, 0.1) is 6.54 Å². The second-order valence-corrected chi connectivity index (χ2v) is 9.90. The van der Waals surface area contributed by atoms with E-state index in [2.05, 4.69) is 22.5 Å². The van der Waals surface area contributed by atoms with Crippen LogP contribution < -0.4 is 16.0 Å². The number of hydrogen-bond acceptors (Lipinski definition) is 4. The van der Waals surface area contributed by atoms with E-state index in [0.717, 1.165) is 30.6 Å². The smallest absolute Gasteiger partial charge is 0.341 e. The van der Waals surface area contributed by atoms with E-state index in [1.54, 1.807) is 0 Å². The number of nitrogens with one attached hydrogen (secondary N) is 3. The highest BCUT2D eigenvalue weighted by molar-refractivity contribution is 5.98. The molecule has 2 heterocycles. The monoisotopic (exact) mass is 499 g/mol. The van der Waals surface area contributed by atoms with Gasteiger partial charge < -0.3 is 20.9 Å². The molecule has 4 rings (SSSR count). The number of aromatic nitrogens is 1. The van der Waals surface area contributed by atoms with E-state index < -0.39 is 48.3 Å². The van der Waals surface area contributed by atoms with Crippen LogP contribution in [0.5, 0.6) is 0 Å². The summed E-state index contributed by atoms with van der Waals surface area (Å²) in [5.41, 5.74) is -1.44. The molecule has 0 bridgehead atoms. The predicted octanol–water partition coefficient (Wildman–Crippen LogP) is 3.29. The summed E-state index contributed by atoms with van der Waals surface area (Å²) >= 11 is 0. The molecule has 0 unspecified atom stereocenters. The van der Waals surface area contributed by atoms with Crippen LogP contribution in [-0.2, 0) is 16.1 Å². The number of hydrogen-bond donors (Lipinski definition) is 3. The molecular weight excluding hydrogens is 470 g/mol. The minimum atomic E-state index is -4.54. The number of pyridine rings is 1. The molecule has 0 radical (unpaired) electrons. The van der Waals surface area contributed by atoms with Crippen molar-refractivity contribution < 1.29 is 31.9 Å². The number of rotatable bonds is 7. The summed E-state index contributed by atoms with van der Waals surface area (Å²) in [4.78, 5) is 42.6. The van der Waals surface area contributed by atoms with E-state index in [1.807, 2.05) is 5.32 Å². The van der Waals surface area contributed by atoms with Crippen molar-refractivity contribution in [1.29, 1.82) is 0 Å². The first-order valence-electron chi connectivity index (χ1n) is 11.8. The lowest BCUT2D eigenvalue weighted by Crippen LogP contribution is -2.52. The lowest BCUT2D eigenvalue weighted by atomic mass is 9.79. The molecule has 0 spiro atoms. The molecule has 1 saturated heterocycles. The average molecular weight is 500 g/mol. The number of alkyl halides is 4. The van der Waals surface area contributed by atoms with Gasteiger partial charge in [0.1, 0.15) is 17.9 Å². The molecule has 1 aliphatic heterocycles. The zero-order chi connectivity index (χ0) is 25.4. The molecular formula is C23H29F4N5O3. The predicted molar refractivity (Wildman–Crippen MR) is 118 cm³/mol. The summed E-state index contributed by atoms with van der Waals surface area (Å²) < 4.78 is 53.0. The van der Waals surface area contributed by atoms with Crippen molar-refractivity contribution in [1.82, 2.24) is 20.5 Å². The first-order valence-corrected chi connectivity index (χ1v) is 11.8. The van der Waals surface area contributed by atoms with Gasteiger partial charge in [-0.05, 0) is 55.2 Å². The van der Waals surface area contributed by atoms with Crippen LogP contribution in [-0.4, -0.2) is 58.2 Å². The molecule has 2 aliphatic carbocycles. The van der Waals surface area contributed by atoms with Crippen LogP contribution in [0.4, 0.5) is 28.2 Å². The Morgan fingerprint density at radius 2 is 1.94 bits per heavy atom. The molecule has 192 valence electrons. The SMILES string of the molecule is CC1CCC([C@H](NC(=O)C2(F)CC2)C(=O)Nc2cc(CN3C[C@@H](C(F)(F)F)NC3=O)ccn2)CC1. The standard InChI is InChI=1S/C23H29F4N5O3/c1-13-2-4-15(5-3-13)18(31-20(34)22(24)7-8-22)19(33)30-17-10-14(6-9-28-17)11-32-12-16(23(25,26)27)29-21(32)35/h6,9-10,13,15-16,18H,2-5,7-8,11-12H2,1H3,(H,29,35)(H,31,34)(H,28,30,33)/t13?,15?,16-,18-/m0/s1. The average Bonchev–Trinajstić information content (AvgIpc) is 3.44. The van der Waals surface area contributed by atoms with Crippen LogP contribution in [0.2, 0.25) is 0 Å². The van der Waals surface area contributed by atoms with Crippen molar-refractivity contribution in [2.75, 3.05) is 11.9 Å². The molecule has 12 heteroatoms. The van der Waals surface area contributed by atoms with Crippen molar-refractivity contribution in [3.05, 3.63) is 23.9 Å². The van der Waals surface area contributed by atoms with E-state index in [9.17, 15) is 31.9 Å². The number of halogens is 4. The second kappa shape index (κ2) is 9.62. The molecule has 2 atom stereocenters. The molecule has 0 aromatic carbocycles. The fraction of sp³-hybridized carbons (Fsp3) is 0.652. The lowest BCUT2D eigenvalue weighted by Gasteiger charge is -2.32. The molecule has 3 N–H and O–H groups in total. The Hall–Kier alpha value is -2.92. The third-order valence-electron chi connectivity index (χ3n) is 7.03. The number of amides is 4. The Balaban J connectivity index is 1.43.